The summed E-state index contributed by atoms with van der Waals surface area (Å²) in [6.07, 6.45) is -2.08. The van der Waals surface area contributed by atoms with Crippen molar-refractivity contribution in [1.82, 2.24) is 14.7 Å². The normalized spacial score (nSPS) is 18.8. The molecule has 22 heavy (non-hydrogen) atoms. The van der Waals surface area contributed by atoms with Crippen molar-refractivity contribution < 1.29 is 22.4 Å². The number of aromatic nitrogens is 3. The monoisotopic (exact) mass is 315 g/mol. The minimum atomic E-state index is -4.69. The van der Waals surface area contributed by atoms with Crippen molar-refractivity contribution >= 4 is 0 Å². The van der Waals surface area contributed by atoms with Crippen LogP contribution in [-0.2, 0) is 17.5 Å². The van der Waals surface area contributed by atoms with E-state index in [0.717, 1.165) is 29.5 Å². The zero-order valence-corrected chi connectivity index (χ0v) is 11.3. The van der Waals surface area contributed by atoms with Crippen molar-refractivity contribution in [3.8, 4) is 0 Å². The molecule has 3 heterocycles. The van der Waals surface area contributed by atoms with E-state index in [4.69, 9.17) is 9.26 Å². The van der Waals surface area contributed by atoms with Gasteiger partial charge in [0.1, 0.15) is 11.7 Å². The van der Waals surface area contributed by atoms with Crippen LogP contribution in [0.1, 0.15) is 36.2 Å². The molecule has 0 aliphatic carbocycles. The smallest absolute Gasteiger partial charge is 0.368 e. The van der Waals surface area contributed by atoms with Crippen LogP contribution in [0.4, 0.5) is 13.2 Å². The number of nitrogens with zero attached hydrogens (tertiary/aromatic N) is 3. The van der Waals surface area contributed by atoms with Gasteiger partial charge in [-0.3, -0.25) is 4.79 Å². The van der Waals surface area contributed by atoms with Gasteiger partial charge in [0.15, 0.2) is 5.82 Å². The summed E-state index contributed by atoms with van der Waals surface area (Å²) < 4.78 is 49.4. The lowest BCUT2D eigenvalue weighted by Gasteiger charge is -2.08. The molecule has 0 spiro atoms. The average molecular weight is 315 g/mol. The van der Waals surface area contributed by atoms with Crippen molar-refractivity contribution in [3.05, 3.63) is 46.0 Å². The van der Waals surface area contributed by atoms with E-state index in [2.05, 4.69) is 10.1 Å². The molecule has 0 N–H and O–H groups in total. The first-order valence-electron chi connectivity index (χ1n) is 6.66. The van der Waals surface area contributed by atoms with Crippen LogP contribution in [0.15, 0.2) is 27.6 Å². The van der Waals surface area contributed by atoms with Gasteiger partial charge < -0.3 is 13.8 Å². The molecule has 1 saturated heterocycles. The second-order valence-corrected chi connectivity index (χ2v) is 4.90. The molecule has 0 aromatic carbocycles. The zero-order valence-electron chi connectivity index (χ0n) is 11.3. The molecule has 1 fully saturated rings. The molecule has 0 saturated carbocycles. The van der Waals surface area contributed by atoms with Gasteiger partial charge in [-0.25, -0.2) is 0 Å². The Bertz CT molecular complexity index is 717. The summed E-state index contributed by atoms with van der Waals surface area (Å²) >= 11 is 0. The molecule has 6 nitrogen and oxygen atoms in total. The van der Waals surface area contributed by atoms with Crippen LogP contribution >= 0.6 is 0 Å². The van der Waals surface area contributed by atoms with Gasteiger partial charge >= 0.3 is 6.18 Å². The highest BCUT2D eigenvalue weighted by atomic mass is 19.4. The largest absolute Gasteiger partial charge is 0.421 e. The van der Waals surface area contributed by atoms with Crippen LogP contribution in [0.5, 0.6) is 0 Å². The van der Waals surface area contributed by atoms with Crippen LogP contribution < -0.4 is 5.56 Å². The second kappa shape index (κ2) is 5.56. The van der Waals surface area contributed by atoms with Crippen LogP contribution in [0.2, 0.25) is 0 Å². The SMILES string of the molecule is O=c1c(C(F)(F)F)cccn1Cc1noc([C@H]2CCCO2)n1. The minimum absolute atomic E-state index is 0.131. The molecule has 1 aliphatic rings. The Morgan fingerprint density at radius 3 is 2.91 bits per heavy atom. The lowest BCUT2D eigenvalue weighted by molar-refractivity contribution is -0.138. The van der Waals surface area contributed by atoms with E-state index in [-0.39, 0.29) is 24.4 Å². The third-order valence-electron chi connectivity index (χ3n) is 3.33. The number of alkyl halides is 3. The number of rotatable bonds is 3. The lowest BCUT2D eigenvalue weighted by Crippen LogP contribution is -2.28. The van der Waals surface area contributed by atoms with Gasteiger partial charge in [-0.1, -0.05) is 5.16 Å². The second-order valence-electron chi connectivity index (χ2n) is 4.90. The van der Waals surface area contributed by atoms with E-state index >= 15 is 0 Å². The highest BCUT2D eigenvalue weighted by molar-refractivity contribution is 5.14. The van der Waals surface area contributed by atoms with Crippen molar-refractivity contribution in [1.29, 1.82) is 0 Å². The highest BCUT2D eigenvalue weighted by Crippen LogP contribution is 2.27. The van der Waals surface area contributed by atoms with E-state index in [0.29, 0.717) is 6.61 Å². The van der Waals surface area contributed by atoms with E-state index < -0.39 is 17.3 Å². The van der Waals surface area contributed by atoms with Gasteiger partial charge in [-0.2, -0.15) is 18.2 Å². The number of ether oxygens (including phenoxy) is 1. The van der Waals surface area contributed by atoms with E-state index in [1.807, 2.05) is 0 Å². The predicted molar refractivity (Wildman–Crippen MR) is 67.0 cm³/mol. The molecule has 3 rings (SSSR count). The van der Waals surface area contributed by atoms with Crippen molar-refractivity contribution in [2.24, 2.45) is 0 Å². The van der Waals surface area contributed by atoms with Crippen molar-refractivity contribution in [2.75, 3.05) is 6.61 Å². The predicted octanol–water partition coefficient (Wildman–Crippen LogP) is 2.15. The van der Waals surface area contributed by atoms with Gasteiger partial charge in [0.25, 0.3) is 11.4 Å². The summed E-state index contributed by atoms with van der Waals surface area (Å²) in [7, 11) is 0. The van der Waals surface area contributed by atoms with E-state index in [1.165, 1.54) is 6.20 Å². The molecule has 118 valence electrons. The lowest BCUT2D eigenvalue weighted by atomic mass is 10.2. The average Bonchev–Trinajstić information content (AvgIpc) is 3.10. The fraction of sp³-hybridized carbons (Fsp3) is 0.462. The first kappa shape index (κ1) is 14.8. The number of hydrogen-bond donors (Lipinski definition) is 0. The van der Waals surface area contributed by atoms with Crippen molar-refractivity contribution in [3.63, 3.8) is 0 Å². The van der Waals surface area contributed by atoms with Gasteiger partial charge in [0.2, 0.25) is 0 Å². The Labute approximate surface area is 122 Å². The molecular formula is C13H12F3N3O3. The quantitative estimate of drug-likeness (QED) is 0.868. The van der Waals surface area contributed by atoms with E-state index in [1.54, 1.807) is 0 Å². The molecule has 1 aliphatic heterocycles. The molecular weight excluding hydrogens is 303 g/mol. The highest BCUT2D eigenvalue weighted by Gasteiger charge is 2.34. The molecule has 9 heteroatoms. The number of hydrogen-bond acceptors (Lipinski definition) is 5. The number of pyridine rings is 1. The maximum Gasteiger partial charge on any atom is 0.421 e. The standard InChI is InChI=1S/C13H12F3N3O3/c14-13(15,16)8-3-1-5-19(12(8)20)7-10-17-11(22-18-10)9-4-2-6-21-9/h1,3,5,9H,2,4,6-7H2/t9-/m1/s1. The van der Waals surface area contributed by atoms with Gasteiger partial charge in [-0.05, 0) is 25.0 Å². The maximum atomic E-state index is 12.7. The molecule has 0 radical (unpaired) electrons. The van der Waals surface area contributed by atoms with E-state index in [9.17, 15) is 18.0 Å². The Kier molecular flexibility index (Phi) is 3.73. The summed E-state index contributed by atoms with van der Waals surface area (Å²) in [5, 5.41) is 3.68. The summed E-state index contributed by atoms with van der Waals surface area (Å²) in [5.74, 6) is 0.416. The molecule has 1 atom stereocenters. The summed E-state index contributed by atoms with van der Waals surface area (Å²) in [5.41, 5.74) is -2.36. The van der Waals surface area contributed by atoms with Crippen LogP contribution in [-0.4, -0.2) is 21.3 Å². The summed E-state index contributed by atoms with van der Waals surface area (Å²) in [6.45, 7) is 0.411. The zero-order chi connectivity index (χ0) is 15.7. The third-order valence-corrected chi connectivity index (χ3v) is 3.33. The number of halogens is 3. The third kappa shape index (κ3) is 2.89. The van der Waals surface area contributed by atoms with Gasteiger partial charge in [-0.15, -0.1) is 0 Å². The fourth-order valence-corrected chi connectivity index (χ4v) is 2.26. The molecule has 2 aromatic rings. The Balaban J connectivity index is 1.83. The first-order valence-corrected chi connectivity index (χ1v) is 6.66. The van der Waals surface area contributed by atoms with Crippen molar-refractivity contribution in [2.45, 2.75) is 31.7 Å². The summed E-state index contributed by atoms with van der Waals surface area (Å²) in [4.78, 5) is 15.9. The Hall–Kier alpha value is -2.16. The van der Waals surface area contributed by atoms with Crippen LogP contribution in [0.25, 0.3) is 0 Å². The topological polar surface area (TPSA) is 70.2 Å². The molecule has 0 bridgehead atoms. The maximum absolute atomic E-state index is 12.7. The van der Waals surface area contributed by atoms with Crippen LogP contribution in [0, 0.1) is 0 Å². The fourth-order valence-electron chi connectivity index (χ4n) is 2.26. The van der Waals surface area contributed by atoms with Crippen LogP contribution in [0.3, 0.4) is 0 Å². The Morgan fingerprint density at radius 2 is 2.23 bits per heavy atom. The molecule has 0 unspecified atom stereocenters. The summed E-state index contributed by atoms with van der Waals surface area (Å²) in [6, 6.07) is 1.90. The molecule has 2 aromatic heterocycles. The first-order chi connectivity index (χ1) is 10.4. The Morgan fingerprint density at radius 1 is 1.41 bits per heavy atom. The van der Waals surface area contributed by atoms with Gasteiger partial charge in [0, 0.05) is 12.8 Å². The van der Waals surface area contributed by atoms with Gasteiger partial charge in [0.05, 0.1) is 6.54 Å². The minimum Gasteiger partial charge on any atom is -0.368 e. The molecule has 0 amide bonds.